The van der Waals surface area contributed by atoms with Gasteiger partial charge in [0.05, 0.1) is 11.5 Å². The number of ether oxygens (including phenoxy) is 4. The molecule has 0 N–H and O–H groups in total. The second-order valence-electron chi connectivity index (χ2n) is 14.3. The summed E-state index contributed by atoms with van der Waals surface area (Å²) in [5, 5.41) is 11.0. The van der Waals surface area contributed by atoms with E-state index in [0.717, 1.165) is 88.1 Å². The van der Waals surface area contributed by atoms with Gasteiger partial charge in [0, 0.05) is 18.2 Å². The molecule has 0 aliphatic heterocycles. The predicted octanol–water partition coefficient (Wildman–Crippen LogP) is 10.0. The third-order valence-electron chi connectivity index (χ3n) is 11.2. The Labute approximate surface area is 305 Å². The lowest BCUT2D eigenvalue weighted by Gasteiger charge is -2.36. The quantitative estimate of drug-likeness (QED) is 0.0309. The molecule has 10 nitrogen and oxygen atoms in total. The number of nitro groups is 1. The topological polar surface area (TPSA) is 123 Å². The minimum Gasteiger partial charge on any atom is -0.482 e. The predicted molar refractivity (Wildman–Crippen MR) is 200 cm³/mol. The van der Waals surface area contributed by atoms with E-state index in [0.29, 0.717) is 30.8 Å². The highest BCUT2D eigenvalue weighted by molar-refractivity contribution is 6.73. The fourth-order valence-corrected chi connectivity index (χ4v) is 10.9. The Kier molecular flexibility index (Phi) is 15.8. The molecule has 11 heteroatoms. The number of esters is 1. The fourth-order valence-electron chi connectivity index (χ4n) is 8.03. The van der Waals surface area contributed by atoms with Gasteiger partial charge in [0.1, 0.15) is 17.6 Å². The summed E-state index contributed by atoms with van der Waals surface area (Å²) < 4.78 is 30.1. The lowest BCUT2D eigenvalue weighted by molar-refractivity contribution is -0.384. The fraction of sp³-hybridized carbons (Fsp3) is 0.650. The zero-order valence-electron chi connectivity index (χ0n) is 31.4. The average Bonchev–Trinajstić information content (AvgIpc) is 3.46. The smallest absolute Gasteiger partial charge is 0.482 e. The summed E-state index contributed by atoms with van der Waals surface area (Å²) in [6, 6.07) is 14.9. The zero-order chi connectivity index (χ0) is 36.8. The van der Waals surface area contributed by atoms with Gasteiger partial charge < -0.3 is 23.4 Å². The highest BCUT2D eigenvalue weighted by Crippen LogP contribution is 2.50. The second-order valence-corrected chi connectivity index (χ2v) is 19.0. The van der Waals surface area contributed by atoms with Crippen LogP contribution in [-0.4, -0.2) is 50.8 Å². The van der Waals surface area contributed by atoms with Gasteiger partial charge in [-0.2, -0.15) is 0 Å². The Hall–Kier alpha value is -3.44. The number of unbranched alkanes of at least 4 members (excludes halogenated alkanes) is 3. The van der Waals surface area contributed by atoms with E-state index in [2.05, 4.69) is 40.7 Å². The highest BCUT2D eigenvalue weighted by atomic mass is 28.4. The van der Waals surface area contributed by atoms with Crippen molar-refractivity contribution in [1.29, 1.82) is 0 Å². The van der Waals surface area contributed by atoms with Crippen LogP contribution in [0.15, 0.2) is 42.5 Å². The van der Waals surface area contributed by atoms with Crippen LogP contribution in [0.25, 0.3) is 0 Å². The van der Waals surface area contributed by atoms with Crippen molar-refractivity contribution in [1.82, 2.24) is 0 Å². The first-order valence-electron chi connectivity index (χ1n) is 19.4. The molecule has 282 valence electrons. The van der Waals surface area contributed by atoms with E-state index < -0.39 is 19.4 Å². The van der Waals surface area contributed by atoms with Crippen LogP contribution >= 0.6 is 0 Å². The van der Waals surface area contributed by atoms with E-state index in [1.807, 2.05) is 12.1 Å². The molecule has 2 unspecified atom stereocenters. The third-order valence-corrected chi connectivity index (χ3v) is 15.9. The number of fused-ring (bicyclic) bond motifs is 2. The molecule has 5 atom stereocenters. The number of non-ortho nitro benzene ring substituents is 1. The number of nitrogens with zero attached hydrogens (tertiary/aromatic N) is 1. The van der Waals surface area contributed by atoms with Gasteiger partial charge in [-0.1, -0.05) is 66.0 Å². The van der Waals surface area contributed by atoms with Gasteiger partial charge in [-0.15, -0.1) is 0 Å². The average molecular weight is 726 g/mol. The Bertz CT molecular complexity index is 1400. The largest absolute Gasteiger partial charge is 0.514 e. The summed E-state index contributed by atoms with van der Waals surface area (Å²) in [6.45, 7) is 11.4. The van der Waals surface area contributed by atoms with E-state index >= 15 is 0 Å². The Morgan fingerprint density at radius 1 is 0.922 bits per heavy atom. The number of benzene rings is 2. The zero-order valence-corrected chi connectivity index (χ0v) is 32.4. The normalized spacial score (nSPS) is 20.2. The van der Waals surface area contributed by atoms with E-state index in [-0.39, 0.29) is 36.2 Å². The van der Waals surface area contributed by atoms with Crippen molar-refractivity contribution in [3.63, 3.8) is 0 Å². The molecule has 0 spiro atoms. The van der Waals surface area contributed by atoms with E-state index in [9.17, 15) is 19.7 Å². The maximum absolute atomic E-state index is 13.0. The number of rotatable bonds is 21. The Morgan fingerprint density at radius 2 is 1.65 bits per heavy atom. The van der Waals surface area contributed by atoms with Gasteiger partial charge in [-0.05, 0) is 117 Å². The van der Waals surface area contributed by atoms with Crippen LogP contribution in [0, 0.1) is 27.9 Å². The second kappa shape index (κ2) is 20.0. The number of carbonyl (C=O) groups excluding carboxylic acids is 2. The molecule has 0 heterocycles. The maximum atomic E-state index is 13.0. The molecule has 2 aliphatic rings. The molecule has 0 radical (unpaired) electrons. The summed E-state index contributed by atoms with van der Waals surface area (Å²) in [7, 11) is -1.91. The van der Waals surface area contributed by atoms with Crippen LogP contribution in [0.5, 0.6) is 11.5 Å². The molecule has 2 aliphatic carbocycles. The molecular weight excluding hydrogens is 667 g/mol. The molecule has 2 aromatic rings. The Balaban J connectivity index is 1.50. The summed E-state index contributed by atoms with van der Waals surface area (Å²) in [4.78, 5) is 35.8. The first-order valence-corrected chi connectivity index (χ1v) is 21.9. The van der Waals surface area contributed by atoms with Crippen molar-refractivity contribution in [3.8, 4) is 11.5 Å². The molecule has 0 amide bonds. The molecule has 1 fully saturated rings. The standard InChI is InChI=1S/C40H59NO9Si/c1-6-11-13-16-32(48-40(43)49-33-20-18-31(19-21-33)41(44)45)22-23-34-35-25-29-15-14-17-37(47-28-39(42)46-24-12-7-2)36(29)26-30(35)27-38(34)50-51(8-3,9-4)10-5/h14-15,17-21,30,32,34-35,38H,6-13,16,22-28H2,1-5H3/t30?,32-,34+,35-,38?/m0/s1. The van der Waals surface area contributed by atoms with Crippen LogP contribution in [0.1, 0.15) is 104 Å². The van der Waals surface area contributed by atoms with Crippen LogP contribution in [0.4, 0.5) is 10.5 Å². The van der Waals surface area contributed by atoms with Gasteiger partial charge in [0.25, 0.3) is 5.69 Å². The number of hydrogen-bond donors (Lipinski definition) is 0. The molecular formula is C40H59NO9Si. The van der Waals surface area contributed by atoms with E-state index in [4.69, 9.17) is 23.4 Å². The van der Waals surface area contributed by atoms with Gasteiger partial charge in [-0.25, -0.2) is 9.59 Å². The van der Waals surface area contributed by atoms with Crippen molar-refractivity contribution in [2.45, 2.75) is 136 Å². The maximum Gasteiger partial charge on any atom is 0.514 e. The Morgan fingerprint density at radius 3 is 2.31 bits per heavy atom. The van der Waals surface area contributed by atoms with Gasteiger partial charge in [-0.3, -0.25) is 10.1 Å². The summed E-state index contributed by atoms with van der Waals surface area (Å²) >= 11 is 0. The van der Waals surface area contributed by atoms with Crippen molar-refractivity contribution >= 4 is 26.1 Å². The first-order chi connectivity index (χ1) is 24.6. The molecule has 0 aromatic heterocycles. The molecule has 0 bridgehead atoms. The van der Waals surface area contributed by atoms with Crippen LogP contribution in [-0.2, 0) is 31.5 Å². The third kappa shape index (κ3) is 11.3. The number of carbonyl (C=O) groups is 2. The van der Waals surface area contributed by atoms with Gasteiger partial charge in [0.2, 0.25) is 0 Å². The van der Waals surface area contributed by atoms with Crippen molar-refractivity contribution < 1.29 is 37.9 Å². The molecule has 1 saturated carbocycles. The number of hydrogen-bond acceptors (Lipinski definition) is 9. The summed E-state index contributed by atoms with van der Waals surface area (Å²) in [5.41, 5.74) is 2.39. The minimum absolute atomic E-state index is 0.0716. The summed E-state index contributed by atoms with van der Waals surface area (Å²) in [6.07, 6.45) is 9.04. The van der Waals surface area contributed by atoms with E-state index in [1.54, 1.807) is 0 Å². The molecule has 2 aromatic carbocycles. The van der Waals surface area contributed by atoms with Gasteiger partial charge in [0.15, 0.2) is 14.9 Å². The van der Waals surface area contributed by atoms with Gasteiger partial charge >= 0.3 is 12.1 Å². The van der Waals surface area contributed by atoms with E-state index in [1.165, 1.54) is 35.4 Å². The first kappa shape index (κ1) is 40.3. The lowest BCUT2D eigenvalue weighted by Crippen LogP contribution is -2.42. The number of nitro benzene ring substituents is 1. The molecule has 4 rings (SSSR count). The SMILES string of the molecule is CCCCC[C@@H](CC[C@H]1C(O[Si](CC)(CC)CC)CC2Cc3c(cccc3OCC(=O)OCCCC)C[C@@H]21)OC(=O)Oc1ccc([N+](=O)[O-])cc1. The van der Waals surface area contributed by atoms with Crippen molar-refractivity contribution in [3.05, 3.63) is 63.7 Å². The lowest BCUT2D eigenvalue weighted by atomic mass is 9.73. The van der Waals surface area contributed by atoms with Crippen LogP contribution in [0.2, 0.25) is 18.1 Å². The van der Waals surface area contributed by atoms with Crippen molar-refractivity contribution in [2.24, 2.45) is 17.8 Å². The van der Waals surface area contributed by atoms with Crippen LogP contribution in [0.3, 0.4) is 0 Å². The molecule has 0 saturated heterocycles. The minimum atomic E-state index is -1.91. The summed E-state index contributed by atoms with van der Waals surface area (Å²) in [5.74, 6) is 1.82. The van der Waals surface area contributed by atoms with Crippen LogP contribution < -0.4 is 9.47 Å². The monoisotopic (exact) mass is 725 g/mol. The van der Waals surface area contributed by atoms with Crippen molar-refractivity contribution in [2.75, 3.05) is 13.2 Å². The molecule has 51 heavy (non-hydrogen) atoms. The highest BCUT2D eigenvalue weighted by Gasteiger charge is 2.48.